The summed E-state index contributed by atoms with van der Waals surface area (Å²) in [5.74, 6) is 1.53. The van der Waals surface area contributed by atoms with Crippen LogP contribution < -0.4 is 4.31 Å². The van der Waals surface area contributed by atoms with Gasteiger partial charge in [-0.15, -0.1) is 6.42 Å². The highest BCUT2D eigenvalue weighted by molar-refractivity contribution is 7.92. The Balaban J connectivity index is 1.79. The van der Waals surface area contributed by atoms with E-state index in [1.807, 2.05) is 0 Å². The van der Waals surface area contributed by atoms with Crippen molar-refractivity contribution in [1.29, 1.82) is 0 Å². The summed E-state index contributed by atoms with van der Waals surface area (Å²) in [5, 5.41) is 4.33. The molecule has 0 aliphatic heterocycles. The Kier molecular flexibility index (Phi) is 5.94. The molecule has 33 heavy (non-hydrogen) atoms. The predicted molar refractivity (Wildman–Crippen MR) is 124 cm³/mol. The SMILES string of the molecule is C#CCN(c1cccc(-c2ccnc3c(C(=O)c4ccc(F)cc4)cnn23)c1)S(=O)(=O)CC. The monoisotopic (exact) mass is 462 g/mol. The zero-order valence-corrected chi connectivity index (χ0v) is 18.5. The van der Waals surface area contributed by atoms with Crippen LogP contribution >= 0.6 is 0 Å². The summed E-state index contributed by atoms with van der Waals surface area (Å²) in [6.07, 6.45) is 8.35. The first-order valence-corrected chi connectivity index (χ1v) is 11.6. The lowest BCUT2D eigenvalue weighted by Gasteiger charge is -2.22. The molecule has 4 rings (SSSR count). The minimum Gasteiger partial charge on any atom is -0.288 e. The first kappa shape index (κ1) is 22.2. The fourth-order valence-corrected chi connectivity index (χ4v) is 4.45. The third-order valence-electron chi connectivity index (χ3n) is 5.12. The van der Waals surface area contributed by atoms with Crippen LogP contribution in [0.4, 0.5) is 10.1 Å². The van der Waals surface area contributed by atoms with Crippen LogP contribution in [0, 0.1) is 18.2 Å². The topological polar surface area (TPSA) is 84.6 Å². The number of terminal acetylenes is 1. The first-order chi connectivity index (χ1) is 15.9. The van der Waals surface area contributed by atoms with Gasteiger partial charge in [-0.25, -0.2) is 22.3 Å². The zero-order valence-electron chi connectivity index (χ0n) is 17.6. The summed E-state index contributed by atoms with van der Waals surface area (Å²) >= 11 is 0. The van der Waals surface area contributed by atoms with Crippen molar-refractivity contribution in [2.24, 2.45) is 0 Å². The molecule has 2 aromatic carbocycles. The molecule has 0 saturated heterocycles. The summed E-state index contributed by atoms with van der Waals surface area (Å²) in [5.41, 5.74) is 2.60. The van der Waals surface area contributed by atoms with E-state index < -0.39 is 15.8 Å². The second-order valence-corrected chi connectivity index (χ2v) is 9.30. The van der Waals surface area contributed by atoms with E-state index in [0.717, 1.165) is 0 Å². The molecule has 9 heteroatoms. The molecular weight excluding hydrogens is 443 g/mol. The van der Waals surface area contributed by atoms with E-state index in [1.54, 1.807) is 43.5 Å². The van der Waals surface area contributed by atoms with Crippen molar-refractivity contribution < 1.29 is 17.6 Å². The number of sulfonamides is 1. The van der Waals surface area contributed by atoms with Gasteiger partial charge in [0.25, 0.3) is 0 Å². The van der Waals surface area contributed by atoms with Crippen molar-refractivity contribution in [2.75, 3.05) is 16.6 Å². The maximum atomic E-state index is 13.2. The maximum absolute atomic E-state index is 13.2. The number of hydrogen-bond donors (Lipinski definition) is 0. The molecule has 166 valence electrons. The van der Waals surface area contributed by atoms with Crippen LogP contribution in [0.2, 0.25) is 0 Å². The number of nitrogens with zero attached hydrogens (tertiary/aromatic N) is 4. The summed E-state index contributed by atoms with van der Waals surface area (Å²) in [6.45, 7) is 1.46. The number of hydrogen-bond acceptors (Lipinski definition) is 5. The van der Waals surface area contributed by atoms with Gasteiger partial charge < -0.3 is 0 Å². The van der Waals surface area contributed by atoms with Crippen LogP contribution in [0.15, 0.2) is 67.0 Å². The van der Waals surface area contributed by atoms with E-state index in [2.05, 4.69) is 16.0 Å². The summed E-state index contributed by atoms with van der Waals surface area (Å²) in [7, 11) is -3.57. The average Bonchev–Trinajstić information content (AvgIpc) is 3.27. The Hall–Kier alpha value is -4.03. The van der Waals surface area contributed by atoms with Crippen molar-refractivity contribution in [3.63, 3.8) is 0 Å². The van der Waals surface area contributed by atoms with Gasteiger partial charge in [-0.3, -0.25) is 9.10 Å². The number of ketones is 1. The van der Waals surface area contributed by atoms with Crippen LogP contribution in [0.3, 0.4) is 0 Å². The lowest BCUT2D eigenvalue weighted by Crippen LogP contribution is -2.32. The molecule has 0 fully saturated rings. The van der Waals surface area contributed by atoms with Crippen LogP contribution in [-0.4, -0.2) is 41.1 Å². The molecule has 0 aliphatic carbocycles. The van der Waals surface area contributed by atoms with Crippen LogP contribution in [0.5, 0.6) is 0 Å². The molecule has 0 spiro atoms. The molecule has 0 N–H and O–H groups in total. The summed E-state index contributed by atoms with van der Waals surface area (Å²) < 4.78 is 41.0. The Morgan fingerprint density at radius 1 is 1.18 bits per heavy atom. The van der Waals surface area contributed by atoms with E-state index in [4.69, 9.17) is 6.42 Å². The third kappa shape index (κ3) is 4.21. The first-order valence-electron chi connectivity index (χ1n) is 10.0. The molecule has 0 bridgehead atoms. The number of fused-ring (bicyclic) bond motifs is 1. The number of anilines is 1. The molecule has 0 saturated carbocycles. The molecule has 0 atom stereocenters. The van der Waals surface area contributed by atoms with E-state index in [-0.39, 0.29) is 23.6 Å². The van der Waals surface area contributed by atoms with Gasteiger partial charge in [-0.05, 0) is 49.4 Å². The maximum Gasteiger partial charge on any atom is 0.235 e. The number of carbonyl (C=O) groups is 1. The summed E-state index contributed by atoms with van der Waals surface area (Å²) in [6, 6.07) is 13.8. The largest absolute Gasteiger partial charge is 0.288 e. The fourth-order valence-electron chi connectivity index (χ4n) is 3.44. The highest BCUT2D eigenvalue weighted by Gasteiger charge is 2.21. The minimum absolute atomic E-state index is 0.0908. The molecule has 0 radical (unpaired) electrons. The number of carbonyl (C=O) groups excluding carboxylic acids is 1. The second kappa shape index (κ2) is 8.84. The molecular formula is C24H19FN4O3S. The molecule has 0 amide bonds. The molecule has 0 unspecified atom stereocenters. The van der Waals surface area contributed by atoms with E-state index in [1.165, 1.54) is 39.3 Å². The zero-order chi connectivity index (χ0) is 23.6. The Bertz CT molecular complexity index is 1490. The van der Waals surface area contributed by atoms with Crippen molar-refractivity contribution >= 4 is 27.1 Å². The number of rotatable bonds is 7. The fraction of sp³-hybridized carbons (Fsp3) is 0.125. The van der Waals surface area contributed by atoms with Crippen molar-refractivity contribution in [3.8, 4) is 23.6 Å². The van der Waals surface area contributed by atoms with Crippen LogP contribution in [0.1, 0.15) is 22.8 Å². The lowest BCUT2D eigenvalue weighted by atomic mass is 10.1. The lowest BCUT2D eigenvalue weighted by molar-refractivity contribution is 0.104. The number of benzene rings is 2. The highest BCUT2D eigenvalue weighted by Crippen LogP contribution is 2.27. The van der Waals surface area contributed by atoms with Crippen molar-refractivity contribution in [1.82, 2.24) is 14.6 Å². The number of aromatic nitrogens is 3. The second-order valence-electron chi connectivity index (χ2n) is 7.12. The predicted octanol–water partition coefficient (Wildman–Crippen LogP) is 3.56. The van der Waals surface area contributed by atoms with Gasteiger partial charge in [0, 0.05) is 17.3 Å². The van der Waals surface area contributed by atoms with Gasteiger partial charge in [0.1, 0.15) is 5.82 Å². The minimum atomic E-state index is -3.57. The van der Waals surface area contributed by atoms with Gasteiger partial charge in [0.2, 0.25) is 10.0 Å². The molecule has 7 nitrogen and oxygen atoms in total. The average molecular weight is 463 g/mol. The summed E-state index contributed by atoms with van der Waals surface area (Å²) in [4.78, 5) is 17.2. The van der Waals surface area contributed by atoms with Crippen LogP contribution in [0.25, 0.3) is 16.9 Å². The molecule has 4 aromatic rings. The normalized spacial score (nSPS) is 11.3. The Labute approximate surface area is 190 Å². The molecule has 2 aromatic heterocycles. The molecule has 2 heterocycles. The number of halogens is 1. The smallest absolute Gasteiger partial charge is 0.235 e. The van der Waals surface area contributed by atoms with Crippen LogP contribution in [-0.2, 0) is 10.0 Å². The van der Waals surface area contributed by atoms with E-state index >= 15 is 0 Å². The van der Waals surface area contributed by atoms with E-state index in [9.17, 15) is 17.6 Å². The van der Waals surface area contributed by atoms with Gasteiger partial charge in [0.05, 0.1) is 35.4 Å². The van der Waals surface area contributed by atoms with Gasteiger partial charge in [-0.2, -0.15) is 5.10 Å². The Morgan fingerprint density at radius 2 is 1.94 bits per heavy atom. The van der Waals surface area contributed by atoms with Crippen molar-refractivity contribution in [3.05, 3.63) is 83.9 Å². The van der Waals surface area contributed by atoms with Crippen molar-refractivity contribution in [2.45, 2.75) is 6.92 Å². The highest BCUT2D eigenvalue weighted by atomic mass is 32.2. The third-order valence-corrected chi connectivity index (χ3v) is 6.86. The van der Waals surface area contributed by atoms with Gasteiger partial charge in [0.15, 0.2) is 11.4 Å². The quantitative estimate of drug-likeness (QED) is 0.310. The van der Waals surface area contributed by atoms with E-state index in [0.29, 0.717) is 28.2 Å². The molecule has 0 aliphatic rings. The van der Waals surface area contributed by atoms with Gasteiger partial charge in [-0.1, -0.05) is 18.1 Å². The Morgan fingerprint density at radius 3 is 2.64 bits per heavy atom. The standard InChI is InChI=1S/C24H19FN4O3S/c1-3-14-28(33(31,32)4-2)20-7-5-6-18(15-20)22-12-13-26-24-21(16-27-29(22)24)23(30)17-8-10-19(25)11-9-17/h1,5-13,15-16H,4,14H2,2H3. The van der Waals surface area contributed by atoms with Gasteiger partial charge >= 0.3 is 0 Å².